The van der Waals surface area contributed by atoms with Crippen molar-refractivity contribution in [2.24, 2.45) is 11.8 Å². The molecule has 0 radical (unpaired) electrons. The van der Waals surface area contributed by atoms with Gasteiger partial charge in [-0.1, -0.05) is 37.8 Å². The Kier molecular flexibility index (Phi) is 5.35. The number of thiophene rings is 1. The molecule has 0 saturated heterocycles. The molecule has 0 nitrogen and oxygen atoms in total. The summed E-state index contributed by atoms with van der Waals surface area (Å²) >= 11 is 8.71. The number of aryl methyl sites for hydroxylation is 1. The van der Waals surface area contributed by atoms with Crippen LogP contribution in [-0.2, 0) is 0 Å². The summed E-state index contributed by atoms with van der Waals surface area (Å²) in [6.07, 6.45) is 19.4. The first-order valence-corrected chi connectivity index (χ1v) is 16.1. The number of rotatable bonds is 2. The highest BCUT2D eigenvalue weighted by Gasteiger charge is 2.46. The van der Waals surface area contributed by atoms with E-state index in [1.807, 2.05) is 0 Å². The lowest BCUT2D eigenvalue weighted by Gasteiger charge is -2.33. The van der Waals surface area contributed by atoms with Crippen LogP contribution in [0.2, 0.25) is 0 Å². The van der Waals surface area contributed by atoms with Crippen molar-refractivity contribution >= 4 is 52.2 Å². The SMILES string of the molecule is CC1=CC2=C(C3=CC4CCCCC4S3)c3sc(C)cc3C(C3=CC4CCCCC4S3)C2S1. The fourth-order valence-corrected chi connectivity index (χ4v) is 12.8. The Morgan fingerprint density at radius 1 is 0.812 bits per heavy atom. The third kappa shape index (κ3) is 3.33. The summed E-state index contributed by atoms with van der Waals surface area (Å²) in [4.78, 5) is 7.95. The number of fused-ring (bicyclic) bond motifs is 4. The van der Waals surface area contributed by atoms with Crippen LogP contribution in [0.1, 0.15) is 79.5 Å². The van der Waals surface area contributed by atoms with Crippen LogP contribution in [0.3, 0.4) is 0 Å². The number of hydrogen-bond acceptors (Lipinski definition) is 4. The fourth-order valence-electron chi connectivity index (χ4n) is 6.94. The second-order valence-electron chi connectivity index (χ2n) is 10.6. The predicted molar refractivity (Wildman–Crippen MR) is 147 cm³/mol. The summed E-state index contributed by atoms with van der Waals surface area (Å²) in [6.45, 7) is 4.67. The van der Waals surface area contributed by atoms with Crippen molar-refractivity contribution in [2.75, 3.05) is 0 Å². The summed E-state index contributed by atoms with van der Waals surface area (Å²) in [5.74, 6) is 2.21. The topological polar surface area (TPSA) is 0 Å². The van der Waals surface area contributed by atoms with Crippen molar-refractivity contribution in [3.8, 4) is 0 Å². The van der Waals surface area contributed by atoms with Gasteiger partial charge in [-0.2, -0.15) is 0 Å². The third-order valence-electron chi connectivity index (χ3n) is 8.39. The average molecular weight is 497 g/mol. The standard InChI is InChI=1S/C28H32S4/c1-15-11-19-25(23-13-17-7-3-5-9-21(17)31-23)28-20(12-16(2)30-28)26(27(19)29-15)24-14-18-8-4-6-10-22(18)32-24/h11-14,17-18,21-22,25,28H,3-10H2,1-2H3. The van der Waals surface area contributed by atoms with Crippen molar-refractivity contribution in [3.05, 3.63) is 59.9 Å². The van der Waals surface area contributed by atoms with Gasteiger partial charge in [-0.05, 0) is 84.5 Å². The maximum Gasteiger partial charge on any atom is 0.0462 e. The lowest BCUT2D eigenvalue weighted by molar-refractivity contribution is 0.437. The molecule has 6 unspecified atom stereocenters. The molecule has 4 heteroatoms. The highest BCUT2D eigenvalue weighted by Crippen LogP contribution is 2.62. The first-order chi connectivity index (χ1) is 15.7. The van der Waals surface area contributed by atoms with Gasteiger partial charge >= 0.3 is 0 Å². The molecular formula is C28H32S4. The Bertz CT molecular complexity index is 1080. The zero-order chi connectivity index (χ0) is 21.4. The van der Waals surface area contributed by atoms with Crippen LogP contribution < -0.4 is 0 Å². The van der Waals surface area contributed by atoms with Gasteiger partial charge in [0.25, 0.3) is 0 Å². The van der Waals surface area contributed by atoms with Crippen LogP contribution in [0.5, 0.6) is 0 Å². The van der Waals surface area contributed by atoms with Gasteiger partial charge in [-0.25, -0.2) is 0 Å². The molecule has 1 aromatic rings. The van der Waals surface area contributed by atoms with E-state index in [2.05, 4.69) is 84.8 Å². The molecule has 4 heterocycles. The molecule has 2 saturated carbocycles. The van der Waals surface area contributed by atoms with Crippen LogP contribution in [0.4, 0.5) is 0 Å². The molecule has 0 aromatic carbocycles. The zero-order valence-corrected chi connectivity index (χ0v) is 22.3. The Hall–Kier alpha value is -0.290. The summed E-state index contributed by atoms with van der Waals surface area (Å²) in [5.41, 5.74) is 4.94. The first kappa shape index (κ1) is 21.0. The van der Waals surface area contributed by atoms with Crippen LogP contribution in [-0.4, -0.2) is 15.7 Å². The average Bonchev–Trinajstić information content (AvgIpc) is 3.54. The van der Waals surface area contributed by atoms with E-state index in [9.17, 15) is 0 Å². The predicted octanol–water partition coefficient (Wildman–Crippen LogP) is 9.31. The van der Waals surface area contributed by atoms with E-state index in [-0.39, 0.29) is 0 Å². The minimum atomic E-state index is 0.567. The molecule has 6 aliphatic rings. The Balaban J connectivity index is 1.34. The molecule has 0 amide bonds. The Morgan fingerprint density at radius 3 is 2.28 bits per heavy atom. The van der Waals surface area contributed by atoms with E-state index in [1.54, 1.807) is 31.4 Å². The van der Waals surface area contributed by atoms with Crippen molar-refractivity contribution in [3.63, 3.8) is 0 Å². The zero-order valence-electron chi connectivity index (χ0n) is 19.1. The highest BCUT2D eigenvalue weighted by atomic mass is 32.2. The Morgan fingerprint density at radius 2 is 1.53 bits per heavy atom. The van der Waals surface area contributed by atoms with Gasteiger partial charge in [0, 0.05) is 41.9 Å². The number of allylic oxidation sites excluding steroid dienone is 6. The van der Waals surface area contributed by atoms with Crippen LogP contribution >= 0.6 is 46.6 Å². The molecule has 0 N–H and O–H groups in total. The minimum absolute atomic E-state index is 0.567. The van der Waals surface area contributed by atoms with Gasteiger partial charge in [0.15, 0.2) is 0 Å². The van der Waals surface area contributed by atoms with Crippen molar-refractivity contribution in [1.82, 2.24) is 0 Å². The molecule has 6 atom stereocenters. The Labute approximate surface area is 209 Å². The molecule has 0 spiro atoms. The lowest BCUT2D eigenvalue weighted by Crippen LogP contribution is -2.22. The number of hydrogen-bond donors (Lipinski definition) is 0. The molecule has 32 heavy (non-hydrogen) atoms. The summed E-state index contributed by atoms with van der Waals surface area (Å²) < 4.78 is 0. The van der Waals surface area contributed by atoms with E-state index in [1.165, 1.54) is 61.1 Å². The van der Waals surface area contributed by atoms with E-state index < -0.39 is 0 Å². The third-order valence-corrected chi connectivity index (χ3v) is 13.8. The van der Waals surface area contributed by atoms with Crippen LogP contribution in [0.25, 0.3) is 5.57 Å². The van der Waals surface area contributed by atoms with Gasteiger partial charge in [0.05, 0.1) is 0 Å². The molecule has 0 bridgehead atoms. The summed E-state index contributed by atoms with van der Waals surface area (Å²) in [6, 6.07) is 2.56. The second kappa shape index (κ2) is 8.14. The molecular weight excluding hydrogens is 465 g/mol. The first-order valence-electron chi connectivity index (χ1n) is 12.6. The molecule has 3 aliphatic heterocycles. The highest BCUT2D eigenvalue weighted by molar-refractivity contribution is 8.05. The van der Waals surface area contributed by atoms with Gasteiger partial charge in [-0.3, -0.25) is 0 Å². The molecule has 1 aromatic heterocycles. The normalized spacial score (nSPS) is 38.0. The van der Waals surface area contributed by atoms with E-state index >= 15 is 0 Å². The maximum atomic E-state index is 2.73. The van der Waals surface area contributed by atoms with Crippen molar-refractivity contribution < 1.29 is 0 Å². The fraction of sp³-hybridized carbons (Fsp3) is 0.571. The van der Waals surface area contributed by atoms with Crippen LogP contribution in [0, 0.1) is 18.8 Å². The van der Waals surface area contributed by atoms with Gasteiger partial charge < -0.3 is 0 Å². The van der Waals surface area contributed by atoms with Gasteiger partial charge in [0.2, 0.25) is 0 Å². The monoisotopic (exact) mass is 496 g/mol. The number of thioether (sulfide) groups is 3. The van der Waals surface area contributed by atoms with E-state index in [0.717, 1.165) is 22.3 Å². The smallest absolute Gasteiger partial charge is 0.0462 e. The van der Waals surface area contributed by atoms with E-state index in [4.69, 9.17) is 0 Å². The van der Waals surface area contributed by atoms with Gasteiger partial charge in [0.1, 0.15) is 0 Å². The quantitative estimate of drug-likeness (QED) is 0.400. The van der Waals surface area contributed by atoms with Crippen LogP contribution in [0.15, 0.2) is 44.6 Å². The molecule has 7 rings (SSSR count). The van der Waals surface area contributed by atoms with Gasteiger partial charge in [-0.15, -0.1) is 46.6 Å². The summed E-state index contributed by atoms with van der Waals surface area (Å²) in [7, 11) is 0. The molecule has 3 aliphatic carbocycles. The van der Waals surface area contributed by atoms with Crippen molar-refractivity contribution in [1.29, 1.82) is 0 Å². The second-order valence-corrected chi connectivity index (χ2v) is 15.8. The lowest BCUT2D eigenvalue weighted by atomic mass is 9.80. The molecule has 2 fully saturated rings. The summed E-state index contributed by atoms with van der Waals surface area (Å²) in [5, 5.41) is 2.27. The maximum absolute atomic E-state index is 2.73. The molecule has 168 valence electrons. The van der Waals surface area contributed by atoms with Crippen molar-refractivity contribution in [2.45, 2.75) is 86.9 Å². The minimum Gasteiger partial charge on any atom is -0.140 e. The largest absolute Gasteiger partial charge is 0.140 e. The van der Waals surface area contributed by atoms with E-state index in [0.29, 0.717) is 11.2 Å².